The molecule has 6 nitrogen and oxygen atoms in total. The summed E-state index contributed by atoms with van der Waals surface area (Å²) in [5.74, 6) is 0.423. The van der Waals surface area contributed by atoms with Crippen molar-refractivity contribution in [1.82, 2.24) is 0 Å². The first-order valence-electron chi connectivity index (χ1n) is 4.19. The molecule has 0 atom stereocenters. The van der Waals surface area contributed by atoms with Crippen LogP contribution in [-0.4, -0.2) is 23.9 Å². The molecule has 1 rings (SSSR count). The summed E-state index contributed by atoms with van der Waals surface area (Å²) >= 11 is 0. The lowest BCUT2D eigenvalue weighted by molar-refractivity contribution is -0.385. The Bertz CT molecular complexity index is 352. The molecule has 15 heavy (non-hydrogen) atoms. The molecule has 0 heterocycles. The van der Waals surface area contributed by atoms with E-state index in [9.17, 15) is 10.1 Å². The van der Waals surface area contributed by atoms with Gasteiger partial charge in [-0.1, -0.05) is 0 Å². The molecule has 1 aromatic carbocycles. The molecule has 0 radical (unpaired) electrons. The minimum atomic E-state index is -0.550. The third kappa shape index (κ3) is 2.90. The first kappa shape index (κ1) is 11.4. The topological polar surface area (TPSA) is 81.8 Å². The maximum atomic E-state index is 10.5. The number of nitro benzene ring substituents is 1. The number of nitro groups is 1. The summed E-state index contributed by atoms with van der Waals surface area (Å²) in [5, 5.41) is 19.5. The second kappa shape index (κ2) is 5.28. The van der Waals surface area contributed by atoms with Crippen LogP contribution in [0.5, 0.6) is 5.75 Å². The fourth-order valence-electron chi connectivity index (χ4n) is 1.08. The predicted molar refractivity (Wildman–Crippen MR) is 51.5 cm³/mol. The number of ether oxygens (including phenoxy) is 2. The molecule has 0 amide bonds. The number of nitrogens with zero attached hydrogens (tertiary/aromatic N) is 1. The van der Waals surface area contributed by atoms with Gasteiger partial charge in [-0.25, -0.2) is 0 Å². The molecule has 0 spiro atoms. The summed E-state index contributed by atoms with van der Waals surface area (Å²) in [4.78, 5) is 9.98. The lowest BCUT2D eigenvalue weighted by atomic mass is 10.2. The third-order valence-electron chi connectivity index (χ3n) is 1.76. The maximum absolute atomic E-state index is 10.5. The SMILES string of the molecule is COCOc1ccc([N+](=O)[O-])c(CO)c1. The second-order valence-corrected chi connectivity index (χ2v) is 2.76. The van der Waals surface area contributed by atoms with Gasteiger partial charge in [-0.3, -0.25) is 10.1 Å². The first-order valence-corrected chi connectivity index (χ1v) is 4.19. The number of hydrogen-bond donors (Lipinski definition) is 1. The summed E-state index contributed by atoms with van der Waals surface area (Å²) in [5.41, 5.74) is 0.0934. The van der Waals surface area contributed by atoms with Crippen LogP contribution >= 0.6 is 0 Å². The Labute approximate surface area is 86.2 Å². The largest absolute Gasteiger partial charge is 0.468 e. The Balaban J connectivity index is 2.92. The highest BCUT2D eigenvalue weighted by Gasteiger charge is 2.13. The molecule has 1 aromatic rings. The quantitative estimate of drug-likeness (QED) is 0.449. The number of benzene rings is 1. The van der Waals surface area contributed by atoms with Crippen LogP contribution in [0.25, 0.3) is 0 Å². The lowest BCUT2D eigenvalue weighted by Gasteiger charge is -2.06. The van der Waals surface area contributed by atoms with Gasteiger partial charge < -0.3 is 14.6 Å². The molecule has 0 aliphatic rings. The van der Waals surface area contributed by atoms with Gasteiger partial charge in [0.15, 0.2) is 6.79 Å². The molecular formula is C9H11NO5. The smallest absolute Gasteiger partial charge is 0.275 e. The molecule has 82 valence electrons. The van der Waals surface area contributed by atoms with Crippen LogP contribution in [0.3, 0.4) is 0 Å². The minimum Gasteiger partial charge on any atom is -0.468 e. The van der Waals surface area contributed by atoms with Crippen molar-refractivity contribution in [2.24, 2.45) is 0 Å². The highest BCUT2D eigenvalue weighted by Crippen LogP contribution is 2.23. The van der Waals surface area contributed by atoms with E-state index in [-0.39, 0.29) is 18.0 Å². The van der Waals surface area contributed by atoms with Crippen molar-refractivity contribution in [1.29, 1.82) is 0 Å². The van der Waals surface area contributed by atoms with Crippen molar-refractivity contribution in [3.8, 4) is 5.75 Å². The van der Waals surface area contributed by atoms with E-state index in [1.54, 1.807) is 0 Å². The van der Waals surface area contributed by atoms with Gasteiger partial charge in [0, 0.05) is 13.2 Å². The van der Waals surface area contributed by atoms with E-state index in [4.69, 9.17) is 9.84 Å². The minimum absolute atomic E-state index is 0.0582. The van der Waals surface area contributed by atoms with Gasteiger partial charge in [-0.2, -0.15) is 0 Å². The molecule has 0 aromatic heterocycles. The zero-order chi connectivity index (χ0) is 11.3. The van der Waals surface area contributed by atoms with Crippen molar-refractivity contribution in [3.05, 3.63) is 33.9 Å². The molecule has 0 saturated carbocycles. The molecule has 0 bridgehead atoms. The van der Waals surface area contributed by atoms with E-state index in [1.807, 2.05) is 0 Å². The Morgan fingerprint density at radius 3 is 2.80 bits per heavy atom. The molecule has 0 unspecified atom stereocenters. The van der Waals surface area contributed by atoms with Crippen molar-refractivity contribution in [2.45, 2.75) is 6.61 Å². The van der Waals surface area contributed by atoms with Crippen molar-refractivity contribution >= 4 is 5.69 Å². The van der Waals surface area contributed by atoms with E-state index in [0.717, 1.165) is 0 Å². The van der Waals surface area contributed by atoms with Gasteiger partial charge in [-0.15, -0.1) is 0 Å². The van der Waals surface area contributed by atoms with E-state index in [2.05, 4.69) is 4.74 Å². The van der Waals surface area contributed by atoms with E-state index in [1.165, 1.54) is 25.3 Å². The molecule has 0 fully saturated rings. The molecular weight excluding hydrogens is 202 g/mol. The summed E-state index contributed by atoms with van der Waals surface area (Å²) in [6.45, 7) is -0.344. The van der Waals surface area contributed by atoms with E-state index >= 15 is 0 Å². The van der Waals surface area contributed by atoms with Gasteiger partial charge in [0.25, 0.3) is 5.69 Å². The Morgan fingerprint density at radius 2 is 2.27 bits per heavy atom. The molecule has 6 heteroatoms. The Kier molecular flexibility index (Phi) is 4.02. The molecule has 0 saturated heterocycles. The van der Waals surface area contributed by atoms with Gasteiger partial charge in [0.05, 0.1) is 17.1 Å². The van der Waals surface area contributed by atoms with Crippen molar-refractivity contribution < 1.29 is 19.5 Å². The van der Waals surface area contributed by atoms with E-state index < -0.39 is 11.5 Å². The van der Waals surface area contributed by atoms with Crippen LogP contribution in [-0.2, 0) is 11.3 Å². The average Bonchev–Trinajstić information content (AvgIpc) is 2.25. The zero-order valence-corrected chi connectivity index (χ0v) is 8.17. The van der Waals surface area contributed by atoms with Crippen molar-refractivity contribution in [3.63, 3.8) is 0 Å². The fraction of sp³-hybridized carbons (Fsp3) is 0.333. The van der Waals surface area contributed by atoms with Gasteiger partial charge in [-0.05, 0) is 12.1 Å². The second-order valence-electron chi connectivity index (χ2n) is 2.76. The standard InChI is InChI=1S/C9H11NO5/c1-14-6-15-8-2-3-9(10(12)13)7(4-8)5-11/h2-4,11H,5-6H2,1H3. The molecule has 0 aliphatic heterocycles. The van der Waals surface area contributed by atoms with Crippen molar-refractivity contribution in [2.75, 3.05) is 13.9 Å². The number of rotatable bonds is 5. The highest BCUT2D eigenvalue weighted by molar-refractivity contribution is 5.44. The number of hydrogen-bond acceptors (Lipinski definition) is 5. The normalized spacial score (nSPS) is 10.0. The lowest BCUT2D eigenvalue weighted by Crippen LogP contribution is -2.01. The van der Waals surface area contributed by atoms with Crippen LogP contribution < -0.4 is 4.74 Å². The fourth-order valence-corrected chi connectivity index (χ4v) is 1.08. The van der Waals surface area contributed by atoms with Crippen LogP contribution in [0.2, 0.25) is 0 Å². The van der Waals surface area contributed by atoms with Crippen LogP contribution in [0.4, 0.5) is 5.69 Å². The Hall–Kier alpha value is -1.66. The predicted octanol–water partition coefficient (Wildman–Crippen LogP) is 1.07. The summed E-state index contributed by atoms with van der Waals surface area (Å²) in [6.07, 6.45) is 0. The monoisotopic (exact) mass is 213 g/mol. The summed E-state index contributed by atoms with van der Waals surface area (Å²) in [6, 6.07) is 4.16. The van der Waals surface area contributed by atoms with Gasteiger partial charge in [0.1, 0.15) is 5.75 Å². The van der Waals surface area contributed by atoms with Crippen LogP contribution in [0, 0.1) is 10.1 Å². The zero-order valence-electron chi connectivity index (χ0n) is 8.17. The molecule has 1 N–H and O–H groups in total. The third-order valence-corrected chi connectivity index (χ3v) is 1.76. The van der Waals surface area contributed by atoms with Crippen LogP contribution in [0.1, 0.15) is 5.56 Å². The number of methoxy groups -OCH3 is 1. The average molecular weight is 213 g/mol. The summed E-state index contributed by atoms with van der Waals surface area (Å²) in [7, 11) is 1.47. The summed E-state index contributed by atoms with van der Waals surface area (Å²) < 4.78 is 9.75. The van der Waals surface area contributed by atoms with E-state index in [0.29, 0.717) is 5.75 Å². The number of aliphatic hydroxyl groups is 1. The Morgan fingerprint density at radius 1 is 1.53 bits per heavy atom. The first-order chi connectivity index (χ1) is 7.19. The number of aliphatic hydroxyl groups excluding tert-OH is 1. The van der Waals surface area contributed by atoms with Gasteiger partial charge in [0.2, 0.25) is 0 Å². The van der Waals surface area contributed by atoms with Gasteiger partial charge >= 0.3 is 0 Å². The maximum Gasteiger partial charge on any atom is 0.275 e. The molecule has 0 aliphatic carbocycles. The highest BCUT2D eigenvalue weighted by atomic mass is 16.7. The van der Waals surface area contributed by atoms with Crippen LogP contribution in [0.15, 0.2) is 18.2 Å².